The summed E-state index contributed by atoms with van der Waals surface area (Å²) in [5.74, 6) is 1.60. The van der Waals surface area contributed by atoms with Gasteiger partial charge in [-0.2, -0.15) is 0 Å². The molecule has 1 fully saturated rings. The third-order valence-electron chi connectivity index (χ3n) is 2.49. The molecule has 0 radical (unpaired) electrons. The first-order valence-electron chi connectivity index (χ1n) is 4.85. The highest BCUT2D eigenvalue weighted by atomic mass is 16.5. The van der Waals surface area contributed by atoms with Crippen LogP contribution in [0.25, 0.3) is 0 Å². The van der Waals surface area contributed by atoms with E-state index in [1.54, 1.807) is 7.11 Å². The summed E-state index contributed by atoms with van der Waals surface area (Å²) >= 11 is 0. The number of methoxy groups -OCH3 is 1. The van der Waals surface area contributed by atoms with Crippen molar-refractivity contribution in [1.82, 2.24) is 0 Å². The van der Waals surface area contributed by atoms with Gasteiger partial charge in [0.25, 0.3) is 0 Å². The van der Waals surface area contributed by atoms with E-state index in [2.05, 4.69) is 0 Å². The second-order valence-electron chi connectivity index (χ2n) is 3.62. The molecule has 0 aromatic heterocycles. The minimum Gasteiger partial charge on any atom is -0.493 e. The van der Waals surface area contributed by atoms with E-state index >= 15 is 0 Å². The van der Waals surface area contributed by atoms with Gasteiger partial charge in [0.05, 0.1) is 7.11 Å². The predicted octanol–water partition coefficient (Wildman–Crippen LogP) is 1.56. The van der Waals surface area contributed by atoms with Crippen molar-refractivity contribution in [2.24, 2.45) is 5.73 Å². The SMILES string of the molecule is COc1ccccc1OC1CC(N)C1. The minimum atomic E-state index is 0.265. The van der Waals surface area contributed by atoms with Crippen LogP contribution >= 0.6 is 0 Å². The highest BCUT2D eigenvalue weighted by molar-refractivity contribution is 5.39. The van der Waals surface area contributed by atoms with E-state index in [0.29, 0.717) is 6.04 Å². The van der Waals surface area contributed by atoms with Gasteiger partial charge >= 0.3 is 0 Å². The number of nitrogens with two attached hydrogens (primary N) is 1. The Balaban J connectivity index is 2.01. The lowest BCUT2D eigenvalue weighted by molar-refractivity contribution is 0.0973. The first-order valence-corrected chi connectivity index (χ1v) is 4.85. The number of hydrogen-bond acceptors (Lipinski definition) is 3. The van der Waals surface area contributed by atoms with Crippen LogP contribution in [-0.2, 0) is 0 Å². The summed E-state index contributed by atoms with van der Waals surface area (Å²) in [4.78, 5) is 0. The number of rotatable bonds is 3. The van der Waals surface area contributed by atoms with Gasteiger partial charge in [0.2, 0.25) is 0 Å². The van der Waals surface area contributed by atoms with E-state index in [1.165, 1.54) is 0 Å². The molecule has 1 aliphatic carbocycles. The summed E-state index contributed by atoms with van der Waals surface area (Å²) in [7, 11) is 1.65. The Kier molecular flexibility index (Phi) is 2.59. The Labute approximate surface area is 83.8 Å². The standard InChI is InChI=1S/C11H15NO2/c1-13-10-4-2-3-5-11(10)14-9-6-8(12)7-9/h2-5,8-9H,6-7,12H2,1H3. The first kappa shape index (κ1) is 9.34. The van der Waals surface area contributed by atoms with Crippen LogP contribution in [0.1, 0.15) is 12.8 Å². The Morgan fingerprint density at radius 3 is 2.43 bits per heavy atom. The molecule has 0 spiro atoms. The maximum absolute atomic E-state index is 5.74. The van der Waals surface area contributed by atoms with Crippen molar-refractivity contribution in [3.8, 4) is 11.5 Å². The number of para-hydroxylation sites is 2. The highest BCUT2D eigenvalue weighted by Crippen LogP contribution is 2.31. The molecule has 0 atom stereocenters. The molecule has 0 amide bonds. The van der Waals surface area contributed by atoms with Gasteiger partial charge < -0.3 is 15.2 Å². The molecule has 3 heteroatoms. The van der Waals surface area contributed by atoms with E-state index in [9.17, 15) is 0 Å². The van der Waals surface area contributed by atoms with Crippen LogP contribution in [0.4, 0.5) is 0 Å². The van der Waals surface area contributed by atoms with Crippen LogP contribution in [0.5, 0.6) is 11.5 Å². The average molecular weight is 193 g/mol. The second kappa shape index (κ2) is 3.88. The monoisotopic (exact) mass is 193 g/mol. The Morgan fingerprint density at radius 2 is 1.86 bits per heavy atom. The van der Waals surface area contributed by atoms with Gasteiger partial charge in [-0.15, -0.1) is 0 Å². The number of ether oxygens (including phenoxy) is 2. The van der Waals surface area contributed by atoms with Crippen LogP contribution in [0.2, 0.25) is 0 Å². The van der Waals surface area contributed by atoms with Crippen molar-refractivity contribution in [1.29, 1.82) is 0 Å². The third-order valence-corrected chi connectivity index (χ3v) is 2.49. The summed E-state index contributed by atoms with van der Waals surface area (Å²) < 4.78 is 10.9. The molecule has 0 heterocycles. The predicted molar refractivity (Wildman–Crippen MR) is 54.6 cm³/mol. The molecule has 2 rings (SSSR count). The molecule has 3 nitrogen and oxygen atoms in total. The van der Waals surface area contributed by atoms with Gasteiger partial charge in [0, 0.05) is 6.04 Å². The van der Waals surface area contributed by atoms with Crippen molar-refractivity contribution in [2.75, 3.05) is 7.11 Å². The fourth-order valence-electron chi connectivity index (χ4n) is 1.60. The van der Waals surface area contributed by atoms with Crippen LogP contribution in [0.15, 0.2) is 24.3 Å². The summed E-state index contributed by atoms with van der Waals surface area (Å²) in [6, 6.07) is 8.00. The Bertz CT molecular complexity index is 308. The molecule has 1 saturated carbocycles. The lowest BCUT2D eigenvalue weighted by Gasteiger charge is -2.32. The van der Waals surface area contributed by atoms with Crippen LogP contribution in [0, 0.1) is 0 Å². The van der Waals surface area contributed by atoms with Crippen molar-refractivity contribution < 1.29 is 9.47 Å². The summed E-state index contributed by atoms with van der Waals surface area (Å²) in [5.41, 5.74) is 5.68. The maximum Gasteiger partial charge on any atom is 0.161 e. The average Bonchev–Trinajstić information content (AvgIpc) is 2.16. The number of benzene rings is 1. The van der Waals surface area contributed by atoms with E-state index in [1.807, 2.05) is 24.3 Å². The topological polar surface area (TPSA) is 44.5 Å². The van der Waals surface area contributed by atoms with E-state index in [-0.39, 0.29) is 6.10 Å². The Hall–Kier alpha value is -1.22. The van der Waals surface area contributed by atoms with Crippen molar-refractivity contribution in [2.45, 2.75) is 25.0 Å². The molecule has 1 aromatic rings. The third kappa shape index (κ3) is 1.82. The van der Waals surface area contributed by atoms with E-state index < -0.39 is 0 Å². The minimum absolute atomic E-state index is 0.265. The molecule has 0 bridgehead atoms. The van der Waals surface area contributed by atoms with Gasteiger partial charge in [0.15, 0.2) is 11.5 Å². The molecule has 14 heavy (non-hydrogen) atoms. The van der Waals surface area contributed by atoms with Crippen LogP contribution < -0.4 is 15.2 Å². The summed E-state index contributed by atoms with van der Waals surface area (Å²) in [5, 5.41) is 0. The molecular formula is C11H15NO2. The quantitative estimate of drug-likeness (QED) is 0.792. The maximum atomic E-state index is 5.74. The molecule has 0 saturated heterocycles. The lowest BCUT2D eigenvalue weighted by Crippen LogP contribution is -2.43. The zero-order valence-electron chi connectivity index (χ0n) is 8.27. The van der Waals surface area contributed by atoms with Crippen molar-refractivity contribution in [3.63, 3.8) is 0 Å². The van der Waals surface area contributed by atoms with Gasteiger partial charge in [-0.3, -0.25) is 0 Å². The van der Waals surface area contributed by atoms with Crippen molar-refractivity contribution >= 4 is 0 Å². The summed E-state index contributed by atoms with van der Waals surface area (Å²) in [6.45, 7) is 0. The van der Waals surface area contributed by atoms with Gasteiger partial charge in [-0.25, -0.2) is 0 Å². The fraction of sp³-hybridized carbons (Fsp3) is 0.455. The zero-order valence-corrected chi connectivity index (χ0v) is 8.27. The van der Waals surface area contributed by atoms with Crippen LogP contribution in [0.3, 0.4) is 0 Å². The lowest BCUT2D eigenvalue weighted by atomic mass is 9.90. The van der Waals surface area contributed by atoms with Gasteiger partial charge in [0.1, 0.15) is 6.10 Å². The summed E-state index contributed by atoms with van der Waals surface area (Å²) in [6.07, 6.45) is 2.15. The van der Waals surface area contributed by atoms with E-state index in [4.69, 9.17) is 15.2 Å². The van der Waals surface area contributed by atoms with Crippen molar-refractivity contribution in [3.05, 3.63) is 24.3 Å². The fourth-order valence-corrected chi connectivity index (χ4v) is 1.60. The second-order valence-corrected chi connectivity index (χ2v) is 3.62. The Morgan fingerprint density at radius 1 is 1.21 bits per heavy atom. The number of hydrogen-bond donors (Lipinski definition) is 1. The van der Waals surface area contributed by atoms with Crippen LogP contribution in [-0.4, -0.2) is 19.3 Å². The molecule has 0 aliphatic heterocycles. The van der Waals surface area contributed by atoms with Gasteiger partial charge in [-0.1, -0.05) is 12.1 Å². The highest BCUT2D eigenvalue weighted by Gasteiger charge is 2.28. The normalized spacial score (nSPS) is 25.3. The van der Waals surface area contributed by atoms with E-state index in [0.717, 1.165) is 24.3 Å². The molecule has 1 aromatic carbocycles. The smallest absolute Gasteiger partial charge is 0.161 e. The molecule has 1 aliphatic rings. The molecular weight excluding hydrogens is 178 g/mol. The molecule has 0 unspecified atom stereocenters. The largest absolute Gasteiger partial charge is 0.493 e. The molecule has 2 N–H and O–H groups in total. The first-order chi connectivity index (χ1) is 6.79. The molecule has 76 valence electrons. The zero-order chi connectivity index (χ0) is 9.97. The van der Waals surface area contributed by atoms with Gasteiger partial charge in [-0.05, 0) is 25.0 Å².